The Hall–Kier alpha value is -2.84. The second-order valence-electron chi connectivity index (χ2n) is 6.45. The first-order chi connectivity index (χ1) is 12.7. The maximum absolute atomic E-state index is 12.9. The maximum Gasteiger partial charge on any atom is 0.435 e. The van der Waals surface area contributed by atoms with E-state index in [2.05, 4.69) is 15.2 Å². The van der Waals surface area contributed by atoms with E-state index in [4.69, 9.17) is 0 Å². The minimum absolute atomic E-state index is 0.00536. The first-order valence-electron chi connectivity index (χ1n) is 8.33. The highest BCUT2D eigenvalue weighted by molar-refractivity contribution is 5.95. The van der Waals surface area contributed by atoms with Gasteiger partial charge in [-0.05, 0) is 43.5 Å². The van der Waals surface area contributed by atoms with Crippen LogP contribution < -0.4 is 5.32 Å². The number of nitrogens with zero attached hydrogens (tertiary/aromatic N) is 2. The lowest BCUT2D eigenvalue weighted by molar-refractivity contribution is -0.141. The smallest absolute Gasteiger partial charge is 0.435 e. The predicted molar refractivity (Wildman–Crippen MR) is 90.4 cm³/mol. The van der Waals surface area contributed by atoms with E-state index >= 15 is 0 Å². The van der Waals surface area contributed by atoms with Gasteiger partial charge in [0, 0.05) is 17.3 Å². The van der Waals surface area contributed by atoms with Crippen molar-refractivity contribution >= 4 is 17.6 Å². The van der Waals surface area contributed by atoms with Crippen molar-refractivity contribution in [3.8, 4) is 0 Å². The Bertz CT molecular complexity index is 886. The van der Waals surface area contributed by atoms with Crippen LogP contribution in [0.3, 0.4) is 0 Å². The lowest BCUT2D eigenvalue weighted by Gasteiger charge is -2.11. The van der Waals surface area contributed by atoms with Crippen molar-refractivity contribution in [3.05, 3.63) is 46.8 Å². The molecule has 1 N–H and O–H groups in total. The van der Waals surface area contributed by atoms with Crippen molar-refractivity contribution in [3.63, 3.8) is 0 Å². The van der Waals surface area contributed by atoms with Crippen LogP contribution in [0.15, 0.2) is 24.3 Å². The van der Waals surface area contributed by atoms with Gasteiger partial charge in [0.15, 0.2) is 5.69 Å². The van der Waals surface area contributed by atoms with Crippen molar-refractivity contribution in [1.82, 2.24) is 9.78 Å². The first kappa shape index (κ1) is 18.9. The van der Waals surface area contributed by atoms with Gasteiger partial charge in [-0.2, -0.15) is 18.3 Å². The van der Waals surface area contributed by atoms with Crippen LogP contribution in [0.25, 0.3) is 0 Å². The zero-order chi connectivity index (χ0) is 19.8. The number of hydrogen-bond donors (Lipinski definition) is 1. The van der Waals surface area contributed by atoms with E-state index in [0.29, 0.717) is 16.9 Å². The Labute approximate surface area is 153 Å². The molecule has 144 valence electrons. The van der Waals surface area contributed by atoms with E-state index in [1.54, 1.807) is 19.1 Å². The largest absolute Gasteiger partial charge is 0.465 e. The molecule has 1 fully saturated rings. The fourth-order valence-electron chi connectivity index (χ4n) is 2.73. The molecule has 6 nitrogen and oxygen atoms in total. The fourth-order valence-corrected chi connectivity index (χ4v) is 2.73. The zero-order valence-corrected chi connectivity index (χ0v) is 14.8. The van der Waals surface area contributed by atoms with Crippen molar-refractivity contribution in [1.29, 1.82) is 0 Å². The highest BCUT2D eigenvalue weighted by Gasteiger charge is 2.38. The standard InChI is InChI=1S/C18H18F3N3O3/c1-10-3-4-12(17(26)27-2)7-13(10)22-16(25)9-24-14(11-5-6-11)8-15(23-24)18(19,20)21/h3-4,7-8,11H,5-6,9H2,1-2H3,(H,22,25). The molecule has 0 aliphatic heterocycles. The topological polar surface area (TPSA) is 73.2 Å². The molecule has 3 rings (SSSR count). The summed E-state index contributed by atoms with van der Waals surface area (Å²) >= 11 is 0. The number of benzene rings is 1. The third kappa shape index (κ3) is 4.29. The molecule has 0 spiro atoms. The van der Waals surface area contributed by atoms with Gasteiger partial charge in [0.1, 0.15) is 6.54 Å². The van der Waals surface area contributed by atoms with Crippen molar-refractivity contribution < 1.29 is 27.5 Å². The van der Waals surface area contributed by atoms with Crippen LogP contribution in [0, 0.1) is 6.92 Å². The van der Waals surface area contributed by atoms with E-state index in [1.807, 2.05) is 0 Å². The molecule has 0 unspecified atom stereocenters. The molecule has 0 bridgehead atoms. The summed E-state index contributed by atoms with van der Waals surface area (Å²) < 4.78 is 44.6. The van der Waals surface area contributed by atoms with Crippen molar-refractivity contribution in [2.45, 2.75) is 38.4 Å². The van der Waals surface area contributed by atoms with E-state index in [1.165, 1.54) is 13.2 Å². The van der Waals surface area contributed by atoms with Crippen LogP contribution in [0.1, 0.15) is 46.1 Å². The fraction of sp³-hybridized carbons (Fsp3) is 0.389. The Morgan fingerprint density at radius 3 is 2.59 bits per heavy atom. The van der Waals surface area contributed by atoms with Crippen molar-refractivity contribution in [2.75, 3.05) is 12.4 Å². The highest BCUT2D eigenvalue weighted by Crippen LogP contribution is 2.42. The normalized spacial score (nSPS) is 14.1. The lowest BCUT2D eigenvalue weighted by Crippen LogP contribution is -2.22. The molecule has 1 aliphatic carbocycles. The summed E-state index contributed by atoms with van der Waals surface area (Å²) in [7, 11) is 1.25. The third-order valence-corrected chi connectivity index (χ3v) is 4.32. The summed E-state index contributed by atoms with van der Waals surface area (Å²) in [5.74, 6) is -1.08. The van der Waals surface area contributed by atoms with Crippen LogP contribution in [-0.4, -0.2) is 28.8 Å². The number of aryl methyl sites for hydroxylation is 1. The second-order valence-corrected chi connectivity index (χ2v) is 6.45. The van der Waals surface area contributed by atoms with E-state index in [-0.39, 0.29) is 18.0 Å². The van der Waals surface area contributed by atoms with Gasteiger partial charge >= 0.3 is 12.1 Å². The number of amides is 1. The van der Waals surface area contributed by atoms with Crippen LogP contribution in [0.5, 0.6) is 0 Å². The number of aromatic nitrogens is 2. The molecule has 1 amide bonds. The summed E-state index contributed by atoms with van der Waals surface area (Å²) in [6.07, 6.45) is -2.99. The van der Waals surface area contributed by atoms with E-state index in [9.17, 15) is 22.8 Å². The molecule has 9 heteroatoms. The van der Waals surface area contributed by atoms with Crippen LogP contribution in [-0.2, 0) is 22.3 Å². The molecule has 1 saturated carbocycles. The molecule has 1 aromatic heterocycles. The number of carbonyl (C=O) groups is 2. The Morgan fingerprint density at radius 1 is 1.30 bits per heavy atom. The third-order valence-electron chi connectivity index (χ3n) is 4.32. The Morgan fingerprint density at radius 2 is 2.00 bits per heavy atom. The molecule has 1 heterocycles. The van der Waals surface area contributed by atoms with Gasteiger partial charge in [0.2, 0.25) is 5.91 Å². The van der Waals surface area contributed by atoms with Gasteiger partial charge in [-0.1, -0.05) is 6.07 Å². The molecule has 0 radical (unpaired) electrons. The number of alkyl halides is 3. The molecule has 27 heavy (non-hydrogen) atoms. The molecule has 1 aliphatic rings. The van der Waals surface area contributed by atoms with Crippen LogP contribution in [0.2, 0.25) is 0 Å². The Kier molecular flexibility index (Phi) is 4.95. The minimum Gasteiger partial charge on any atom is -0.465 e. The number of nitrogens with one attached hydrogen (secondary N) is 1. The number of anilines is 1. The van der Waals surface area contributed by atoms with Crippen molar-refractivity contribution in [2.24, 2.45) is 0 Å². The van der Waals surface area contributed by atoms with Crippen LogP contribution in [0.4, 0.5) is 18.9 Å². The predicted octanol–water partition coefficient (Wildman–Crippen LogP) is 3.51. The minimum atomic E-state index is -4.56. The zero-order valence-electron chi connectivity index (χ0n) is 14.8. The average molecular weight is 381 g/mol. The number of esters is 1. The maximum atomic E-state index is 12.9. The van der Waals surface area contributed by atoms with Gasteiger partial charge < -0.3 is 10.1 Å². The molecular formula is C18H18F3N3O3. The van der Waals surface area contributed by atoms with Gasteiger partial charge in [0.05, 0.1) is 12.7 Å². The van der Waals surface area contributed by atoms with Gasteiger partial charge in [-0.3, -0.25) is 9.48 Å². The molecule has 1 aromatic carbocycles. The molecular weight excluding hydrogens is 363 g/mol. The van der Waals surface area contributed by atoms with Crippen LogP contribution >= 0.6 is 0 Å². The number of rotatable bonds is 5. The Balaban J connectivity index is 1.79. The SMILES string of the molecule is COC(=O)c1ccc(C)c(NC(=O)Cn2nc(C(F)(F)F)cc2C2CC2)c1. The number of hydrogen-bond acceptors (Lipinski definition) is 4. The number of methoxy groups -OCH3 is 1. The summed E-state index contributed by atoms with van der Waals surface area (Å²) in [5, 5.41) is 6.19. The summed E-state index contributed by atoms with van der Waals surface area (Å²) in [6, 6.07) is 5.68. The molecule has 0 atom stereocenters. The quantitative estimate of drug-likeness (QED) is 0.805. The number of halogens is 3. The van der Waals surface area contributed by atoms with Gasteiger partial charge in [0.25, 0.3) is 0 Å². The van der Waals surface area contributed by atoms with Gasteiger partial charge in [-0.25, -0.2) is 4.79 Å². The summed E-state index contributed by atoms with van der Waals surface area (Å²) in [4.78, 5) is 24.0. The number of ether oxygens (including phenoxy) is 1. The van der Waals surface area contributed by atoms with E-state index < -0.39 is 23.7 Å². The molecule has 2 aromatic rings. The lowest BCUT2D eigenvalue weighted by atomic mass is 10.1. The van der Waals surface area contributed by atoms with E-state index in [0.717, 1.165) is 23.6 Å². The highest BCUT2D eigenvalue weighted by atomic mass is 19.4. The monoisotopic (exact) mass is 381 g/mol. The first-order valence-corrected chi connectivity index (χ1v) is 8.33. The average Bonchev–Trinajstić information content (AvgIpc) is 3.35. The summed E-state index contributed by atoms with van der Waals surface area (Å²) in [6.45, 7) is 1.39. The second kappa shape index (κ2) is 7.05. The number of carbonyl (C=O) groups excluding carboxylic acids is 2. The van der Waals surface area contributed by atoms with Gasteiger partial charge in [-0.15, -0.1) is 0 Å². The summed E-state index contributed by atoms with van der Waals surface area (Å²) in [5.41, 5.74) is 0.767. The molecule has 0 saturated heterocycles.